The number of benzene rings is 1. The average molecular weight is 290 g/mol. The normalized spacial score (nSPS) is 9.88. The van der Waals surface area contributed by atoms with E-state index in [0.717, 1.165) is 10.0 Å². The molecule has 17 heavy (non-hydrogen) atoms. The van der Waals surface area contributed by atoms with Crippen molar-refractivity contribution in [3.63, 3.8) is 0 Å². The predicted octanol–water partition coefficient (Wildman–Crippen LogP) is 0.805. The fourth-order valence-electron chi connectivity index (χ4n) is 1.43. The number of amides is 1. The summed E-state index contributed by atoms with van der Waals surface area (Å²) in [6.45, 7) is 0.487. The molecule has 0 aliphatic rings. The van der Waals surface area contributed by atoms with E-state index in [1.807, 2.05) is 30.3 Å². The molecular formula is C13H11N2OSe. The van der Waals surface area contributed by atoms with E-state index in [4.69, 9.17) is 0 Å². The Labute approximate surface area is 108 Å². The Morgan fingerprint density at radius 3 is 2.76 bits per heavy atom. The van der Waals surface area contributed by atoms with E-state index in [2.05, 4.69) is 26.3 Å². The van der Waals surface area contributed by atoms with Gasteiger partial charge in [0, 0.05) is 0 Å². The number of hydrogen-bond donors (Lipinski definition) is 1. The van der Waals surface area contributed by atoms with Crippen LogP contribution in [0.1, 0.15) is 15.9 Å². The van der Waals surface area contributed by atoms with Gasteiger partial charge in [0.25, 0.3) is 0 Å². The van der Waals surface area contributed by atoms with Gasteiger partial charge in [0.05, 0.1) is 0 Å². The summed E-state index contributed by atoms with van der Waals surface area (Å²) in [6, 6.07) is 11.2. The first kappa shape index (κ1) is 11.8. The van der Waals surface area contributed by atoms with E-state index >= 15 is 0 Å². The van der Waals surface area contributed by atoms with Crippen LogP contribution in [0.2, 0.25) is 0 Å². The molecule has 0 bridgehead atoms. The zero-order valence-corrected chi connectivity index (χ0v) is 10.8. The monoisotopic (exact) mass is 291 g/mol. The summed E-state index contributed by atoms with van der Waals surface area (Å²) in [7, 11) is 0. The summed E-state index contributed by atoms with van der Waals surface area (Å²) in [5, 5.41) is 2.86. The zero-order valence-electron chi connectivity index (χ0n) is 9.09. The molecule has 2 rings (SSSR count). The van der Waals surface area contributed by atoms with Crippen molar-refractivity contribution in [2.45, 2.75) is 6.54 Å². The molecule has 1 N–H and O–H groups in total. The van der Waals surface area contributed by atoms with Crippen molar-refractivity contribution < 1.29 is 4.79 Å². The standard InChI is InChI=1S/C13H11N2OSe/c16-13(11-5-1-2-6-12(11)17)15-9-10-4-3-7-14-8-10/h1-8H,9H2,(H,15,16). The Morgan fingerprint density at radius 2 is 2.06 bits per heavy atom. The van der Waals surface area contributed by atoms with Crippen molar-refractivity contribution in [1.82, 2.24) is 10.3 Å². The third kappa shape index (κ3) is 3.16. The fraction of sp³-hybridized carbons (Fsp3) is 0.0769. The van der Waals surface area contributed by atoms with Crippen LogP contribution in [0.5, 0.6) is 0 Å². The van der Waals surface area contributed by atoms with Gasteiger partial charge in [0.15, 0.2) is 0 Å². The second-order valence-electron chi connectivity index (χ2n) is 3.54. The predicted molar refractivity (Wildman–Crippen MR) is 67.2 cm³/mol. The van der Waals surface area contributed by atoms with Crippen LogP contribution in [-0.4, -0.2) is 26.9 Å². The molecule has 2 aromatic rings. The molecule has 0 saturated carbocycles. The Balaban J connectivity index is 2.01. The summed E-state index contributed by atoms with van der Waals surface area (Å²) in [4.78, 5) is 15.9. The molecule has 1 aromatic carbocycles. The summed E-state index contributed by atoms with van der Waals surface area (Å²) in [5.74, 6) is -0.0804. The quantitative estimate of drug-likeness (QED) is 0.850. The Morgan fingerprint density at radius 1 is 1.24 bits per heavy atom. The molecule has 0 aliphatic carbocycles. The minimum absolute atomic E-state index is 0.0804. The Kier molecular flexibility index (Phi) is 3.91. The van der Waals surface area contributed by atoms with E-state index in [1.165, 1.54) is 0 Å². The third-order valence-corrected chi connectivity index (χ3v) is 3.05. The van der Waals surface area contributed by atoms with Crippen LogP contribution in [-0.2, 0) is 6.54 Å². The SMILES string of the molecule is O=C(NCc1cccnc1)c1ccccc1[Se]. The second-order valence-corrected chi connectivity index (χ2v) is 4.46. The number of nitrogens with one attached hydrogen (secondary N) is 1. The number of nitrogens with zero attached hydrogens (tertiary/aromatic N) is 1. The molecule has 0 aliphatic heterocycles. The van der Waals surface area contributed by atoms with Gasteiger partial charge in [-0.3, -0.25) is 0 Å². The fourth-order valence-corrected chi connectivity index (χ4v) is 1.94. The molecule has 0 fully saturated rings. The van der Waals surface area contributed by atoms with Gasteiger partial charge in [-0.15, -0.1) is 0 Å². The summed E-state index contributed by atoms with van der Waals surface area (Å²) in [5.41, 5.74) is 1.65. The molecule has 1 radical (unpaired) electrons. The molecule has 85 valence electrons. The topological polar surface area (TPSA) is 42.0 Å². The first-order valence-corrected chi connectivity index (χ1v) is 6.06. The van der Waals surface area contributed by atoms with Crippen LogP contribution in [0.25, 0.3) is 0 Å². The van der Waals surface area contributed by atoms with Crippen molar-refractivity contribution in [3.8, 4) is 0 Å². The van der Waals surface area contributed by atoms with Crippen molar-refractivity contribution >= 4 is 26.4 Å². The van der Waals surface area contributed by atoms with Gasteiger partial charge in [-0.2, -0.15) is 0 Å². The van der Waals surface area contributed by atoms with Gasteiger partial charge in [-0.25, -0.2) is 0 Å². The van der Waals surface area contributed by atoms with Gasteiger partial charge in [-0.05, 0) is 0 Å². The van der Waals surface area contributed by atoms with Crippen LogP contribution in [0.15, 0.2) is 48.8 Å². The van der Waals surface area contributed by atoms with Gasteiger partial charge < -0.3 is 0 Å². The Hall–Kier alpha value is -1.64. The van der Waals surface area contributed by atoms with Gasteiger partial charge in [0.1, 0.15) is 0 Å². The molecule has 1 amide bonds. The van der Waals surface area contributed by atoms with E-state index in [9.17, 15) is 4.79 Å². The molecule has 4 heteroatoms. The number of hydrogen-bond acceptors (Lipinski definition) is 2. The molecule has 0 atom stereocenters. The number of aromatic nitrogens is 1. The molecule has 0 saturated heterocycles. The number of carbonyl (C=O) groups excluding carboxylic acids is 1. The molecule has 1 heterocycles. The van der Waals surface area contributed by atoms with Crippen LogP contribution in [0, 0.1) is 0 Å². The Bertz CT molecular complexity index is 514. The first-order chi connectivity index (χ1) is 8.27. The minimum atomic E-state index is -0.0804. The van der Waals surface area contributed by atoms with E-state index < -0.39 is 0 Å². The maximum atomic E-state index is 11.9. The van der Waals surface area contributed by atoms with Crippen molar-refractivity contribution in [2.75, 3.05) is 0 Å². The summed E-state index contributed by atoms with van der Waals surface area (Å²) >= 11 is 2.88. The van der Waals surface area contributed by atoms with Crippen LogP contribution >= 0.6 is 0 Å². The average Bonchev–Trinajstić information content (AvgIpc) is 2.38. The molecule has 0 spiro atoms. The van der Waals surface area contributed by atoms with Crippen LogP contribution in [0.3, 0.4) is 0 Å². The second kappa shape index (κ2) is 5.62. The van der Waals surface area contributed by atoms with E-state index in [-0.39, 0.29) is 5.91 Å². The van der Waals surface area contributed by atoms with E-state index in [0.29, 0.717) is 12.1 Å². The number of rotatable bonds is 3. The molecule has 1 aromatic heterocycles. The van der Waals surface area contributed by atoms with E-state index in [1.54, 1.807) is 18.5 Å². The number of carbonyl (C=O) groups is 1. The van der Waals surface area contributed by atoms with Crippen molar-refractivity contribution in [2.24, 2.45) is 0 Å². The maximum absolute atomic E-state index is 11.9. The van der Waals surface area contributed by atoms with Crippen LogP contribution in [0.4, 0.5) is 0 Å². The summed E-state index contributed by atoms with van der Waals surface area (Å²) < 4.78 is 0.858. The molecule has 3 nitrogen and oxygen atoms in total. The first-order valence-electron chi connectivity index (χ1n) is 5.20. The van der Waals surface area contributed by atoms with Crippen LogP contribution < -0.4 is 9.78 Å². The zero-order chi connectivity index (χ0) is 12.1. The van der Waals surface area contributed by atoms with Gasteiger partial charge in [-0.1, -0.05) is 0 Å². The number of pyridine rings is 1. The van der Waals surface area contributed by atoms with Gasteiger partial charge >= 0.3 is 108 Å². The molecular weight excluding hydrogens is 279 g/mol. The van der Waals surface area contributed by atoms with Crippen molar-refractivity contribution in [1.29, 1.82) is 0 Å². The van der Waals surface area contributed by atoms with Gasteiger partial charge in [0.2, 0.25) is 0 Å². The third-order valence-electron chi connectivity index (χ3n) is 2.31. The van der Waals surface area contributed by atoms with Crippen molar-refractivity contribution in [3.05, 3.63) is 59.9 Å². The molecule has 0 unspecified atom stereocenters. The summed E-state index contributed by atoms with van der Waals surface area (Å²) in [6.07, 6.45) is 3.45.